The van der Waals surface area contributed by atoms with Gasteiger partial charge in [-0.1, -0.05) is 0 Å². The molecule has 116 valence electrons. The predicted molar refractivity (Wildman–Crippen MR) is 77.5 cm³/mol. The quantitative estimate of drug-likeness (QED) is 0.667. The molecule has 1 N–H and O–H groups in total. The van der Waals surface area contributed by atoms with E-state index in [1.165, 1.54) is 0 Å². The van der Waals surface area contributed by atoms with Gasteiger partial charge in [-0.05, 0) is 45.0 Å². The highest BCUT2D eigenvalue weighted by molar-refractivity contribution is 5.89. The number of amides is 1. The molecule has 6 nitrogen and oxygen atoms in total. The van der Waals surface area contributed by atoms with E-state index in [2.05, 4.69) is 5.32 Å². The SMILES string of the molecule is COc1ccc(C(=O)OCCNC(=O)OC(C)(C)C)cc1. The van der Waals surface area contributed by atoms with Crippen molar-refractivity contribution in [2.75, 3.05) is 20.3 Å². The molecule has 0 aliphatic rings. The zero-order chi connectivity index (χ0) is 15.9. The number of alkyl carbamates (subject to hydrolysis) is 1. The Morgan fingerprint density at radius 3 is 2.29 bits per heavy atom. The van der Waals surface area contributed by atoms with Crippen molar-refractivity contribution in [3.63, 3.8) is 0 Å². The van der Waals surface area contributed by atoms with Gasteiger partial charge in [0.05, 0.1) is 19.2 Å². The van der Waals surface area contributed by atoms with Crippen LogP contribution < -0.4 is 10.1 Å². The average molecular weight is 295 g/mol. The zero-order valence-electron chi connectivity index (χ0n) is 12.8. The van der Waals surface area contributed by atoms with Crippen LogP contribution in [0.15, 0.2) is 24.3 Å². The number of methoxy groups -OCH3 is 1. The summed E-state index contributed by atoms with van der Waals surface area (Å²) in [5, 5.41) is 2.51. The summed E-state index contributed by atoms with van der Waals surface area (Å²) >= 11 is 0. The number of hydrogen-bond donors (Lipinski definition) is 1. The molecule has 0 spiro atoms. The molecule has 1 aromatic rings. The van der Waals surface area contributed by atoms with Crippen LogP contribution in [-0.2, 0) is 9.47 Å². The molecule has 0 saturated carbocycles. The molecule has 0 unspecified atom stereocenters. The lowest BCUT2D eigenvalue weighted by atomic mass is 10.2. The third-order valence-corrected chi connectivity index (χ3v) is 2.33. The molecule has 0 radical (unpaired) electrons. The third-order valence-electron chi connectivity index (χ3n) is 2.33. The lowest BCUT2D eigenvalue weighted by molar-refractivity contribution is 0.0433. The summed E-state index contributed by atoms with van der Waals surface area (Å²) in [7, 11) is 1.55. The normalized spacial score (nSPS) is 10.7. The van der Waals surface area contributed by atoms with Crippen LogP contribution in [0.3, 0.4) is 0 Å². The van der Waals surface area contributed by atoms with Gasteiger partial charge in [0.25, 0.3) is 0 Å². The second-order valence-electron chi connectivity index (χ2n) is 5.29. The Kier molecular flexibility index (Phi) is 6.02. The molecular weight excluding hydrogens is 274 g/mol. The number of carbonyl (C=O) groups is 2. The van der Waals surface area contributed by atoms with Crippen LogP contribution in [0.25, 0.3) is 0 Å². The van der Waals surface area contributed by atoms with E-state index in [1.54, 1.807) is 52.1 Å². The van der Waals surface area contributed by atoms with E-state index in [9.17, 15) is 9.59 Å². The number of benzene rings is 1. The van der Waals surface area contributed by atoms with Crippen molar-refractivity contribution in [1.82, 2.24) is 5.32 Å². The van der Waals surface area contributed by atoms with Crippen LogP contribution in [0.5, 0.6) is 5.75 Å². The first kappa shape index (κ1) is 16.8. The molecule has 6 heteroatoms. The van der Waals surface area contributed by atoms with Crippen LogP contribution in [0.1, 0.15) is 31.1 Å². The van der Waals surface area contributed by atoms with Gasteiger partial charge in [-0.3, -0.25) is 0 Å². The summed E-state index contributed by atoms with van der Waals surface area (Å²) in [6.07, 6.45) is -0.539. The molecular formula is C15H21NO5. The first-order chi connectivity index (χ1) is 9.81. The fourth-order valence-corrected chi connectivity index (χ4v) is 1.42. The van der Waals surface area contributed by atoms with Crippen LogP contribution in [0.2, 0.25) is 0 Å². The van der Waals surface area contributed by atoms with Crippen LogP contribution in [0.4, 0.5) is 4.79 Å². The topological polar surface area (TPSA) is 73.9 Å². The molecule has 0 heterocycles. The summed E-state index contributed by atoms with van der Waals surface area (Å²) in [6.45, 7) is 5.59. The number of ether oxygens (including phenoxy) is 3. The van der Waals surface area contributed by atoms with Crippen molar-refractivity contribution >= 4 is 12.1 Å². The Morgan fingerprint density at radius 2 is 1.76 bits per heavy atom. The van der Waals surface area contributed by atoms with Crippen LogP contribution >= 0.6 is 0 Å². The lowest BCUT2D eigenvalue weighted by Crippen LogP contribution is -2.34. The summed E-state index contributed by atoms with van der Waals surface area (Å²) < 4.78 is 15.1. The summed E-state index contributed by atoms with van der Waals surface area (Å²) in [5.41, 5.74) is -0.128. The Bertz CT molecular complexity index is 476. The van der Waals surface area contributed by atoms with E-state index in [4.69, 9.17) is 14.2 Å². The van der Waals surface area contributed by atoms with E-state index in [0.717, 1.165) is 0 Å². The van der Waals surface area contributed by atoms with Crippen LogP contribution in [-0.4, -0.2) is 37.9 Å². The first-order valence-corrected chi connectivity index (χ1v) is 6.60. The smallest absolute Gasteiger partial charge is 0.407 e. The molecule has 0 aliphatic heterocycles. The Morgan fingerprint density at radius 1 is 1.14 bits per heavy atom. The standard InChI is InChI=1S/C15H21NO5/c1-15(2,3)21-14(18)16-9-10-20-13(17)11-5-7-12(19-4)8-6-11/h5-8H,9-10H2,1-4H3,(H,16,18). The van der Waals surface area contributed by atoms with Crippen LogP contribution in [0, 0.1) is 0 Å². The lowest BCUT2D eigenvalue weighted by Gasteiger charge is -2.19. The fraction of sp³-hybridized carbons (Fsp3) is 0.467. The molecule has 1 rings (SSSR count). The fourth-order valence-electron chi connectivity index (χ4n) is 1.42. The maximum Gasteiger partial charge on any atom is 0.407 e. The number of hydrogen-bond acceptors (Lipinski definition) is 5. The van der Waals surface area contributed by atoms with Gasteiger partial charge in [0.2, 0.25) is 0 Å². The molecule has 0 atom stereocenters. The van der Waals surface area contributed by atoms with Crippen molar-refractivity contribution in [3.05, 3.63) is 29.8 Å². The highest BCUT2D eigenvalue weighted by Gasteiger charge is 2.15. The van der Waals surface area contributed by atoms with E-state index < -0.39 is 17.7 Å². The minimum Gasteiger partial charge on any atom is -0.497 e. The van der Waals surface area contributed by atoms with Crippen molar-refractivity contribution in [2.24, 2.45) is 0 Å². The molecule has 0 aliphatic carbocycles. The third kappa shape index (κ3) is 6.65. The molecule has 0 fully saturated rings. The molecule has 0 aromatic heterocycles. The van der Waals surface area contributed by atoms with Crippen molar-refractivity contribution < 1.29 is 23.8 Å². The monoisotopic (exact) mass is 295 g/mol. The van der Waals surface area contributed by atoms with E-state index in [1.807, 2.05) is 0 Å². The van der Waals surface area contributed by atoms with Gasteiger partial charge in [-0.2, -0.15) is 0 Å². The average Bonchev–Trinajstić information content (AvgIpc) is 2.41. The molecule has 0 saturated heterocycles. The van der Waals surface area contributed by atoms with Gasteiger partial charge < -0.3 is 19.5 Å². The van der Waals surface area contributed by atoms with Gasteiger partial charge in [0, 0.05) is 0 Å². The number of carbonyl (C=O) groups excluding carboxylic acids is 2. The minimum atomic E-state index is -0.552. The van der Waals surface area contributed by atoms with E-state index >= 15 is 0 Å². The van der Waals surface area contributed by atoms with E-state index in [0.29, 0.717) is 11.3 Å². The second-order valence-corrected chi connectivity index (χ2v) is 5.29. The van der Waals surface area contributed by atoms with E-state index in [-0.39, 0.29) is 13.2 Å². The molecule has 1 amide bonds. The number of rotatable bonds is 5. The van der Waals surface area contributed by atoms with Gasteiger partial charge in [-0.15, -0.1) is 0 Å². The predicted octanol–water partition coefficient (Wildman–Crippen LogP) is 2.38. The summed E-state index contributed by atoms with van der Waals surface area (Å²) in [4.78, 5) is 23.1. The van der Waals surface area contributed by atoms with Crippen molar-refractivity contribution in [3.8, 4) is 5.75 Å². The van der Waals surface area contributed by atoms with Gasteiger partial charge >= 0.3 is 12.1 Å². The minimum absolute atomic E-state index is 0.0735. The highest BCUT2D eigenvalue weighted by Crippen LogP contribution is 2.12. The maximum absolute atomic E-state index is 11.7. The van der Waals surface area contributed by atoms with Gasteiger partial charge in [0.15, 0.2) is 0 Å². The maximum atomic E-state index is 11.7. The van der Waals surface area contributed by atoms with Crippen molar-refractivity contribution in [2.45, 2.75) is 26.4 Å². The second kappa shape index (κ2) is 7.52. The van der Waals surface area contributed by atoms with Gasteiger partial charge in [-0.25, -0.2) is 9.59 Å². The Labute approximate surface area is 124 Å². The zero-order valence-corrected chi connectivity index (χ0v) is 12.8. The summed E-state index contributed by atoms with van der Waals surface area (Å²) in [6, 6.07) is 6.58. The summed E-state index contributed by atoms with van der Waals surface area (Å²) in [5.74, 6) is 0.210. The Hall–Kier alpha value is -2.24. The van der Waals surface area contributed by atoms with Gasteiger partial charge in [0.1, 0.15) is 18.0 Å². The number of esters is 1. The highest BCUT2D eigenvalue weighted by atomic mass is 16.6. The molecule has 0 bridgehead atoms. The molecule has 1 aromatic carbocycles. The molecule has 21 heavy (non-hydrogen) atoms. The first-order valence-electron chi connectivity index (χ1n) is 6.60. The van der Waals surface area contributed by atoms with Crippen molar-refractivity contribution in [1.29, 1.82) is 0 Å². The Balaban J connectivity index is 2.28. The largest absolute Gasteiger partial charge is 0.497 e. The number of nitrogens with one attached hydrogen (secondary N) is 1.